The van der Waals surface area contributed by atoms with Gasteiger partial charge in [0, 0.05) is 48.9 Å². The molecule has 1 fully saturated rings. The molecule has 1 atom stereocenters. The van der Waals surface area contributed by atoms with Crippen LogP contribution in [0, 0.1) is 5.82 Å². The van der Waals surface area contributed by atoms with E-state index in [1.165, 1.54) is 0 Å². The van der Waals surface area contributed by atoms with Gasteiger partial charge < -0.3 is 29.3 Å². The maximum Gasteiger partial charge on any atom is 0.323 e. The van der Waals surface area contributed by atoms with Gasteiger partial charge in [0.2, 0.25) is 0 Å². The third kappa shape index (κ3) is 10.00. The number of aliphatic hydroxyl groups is 1. The summed E-state index contributed by atoms with van der Waals surface area (Å²) in [4.78, 5) is 13.6. The highest BCUT2D eigenvalue weighted by atomic mass is 35.5. The first-order valence-corrected chi connectivity index (χ1v) is 19.1. The number of benzene rings is 4. The Hall–Kier alpha value is -4.80. The van der Waals surface area contributed by atoms with Gasteiger partial charge in [0.1, 0.15) is 53.4 Å². The van der Waals surface area contributed by atoms with E-state index in [2.05, 4.69) is 20.5 Å². The van der Waals surface area contributed by atoms with E-state index in [9.17, 15) is 23.4 Å². The minimum atomic E-state index is -2.92. The van der Waals surface area contributed by atoms with E-state index in [1.807, 2.05) is 0 Å². The lowest BCUT2D eigenvalue weighted by Crippen LogP contribution is -2.40. The van der Waals surface area contributed by atoms with Crippen molar-refractivity contribution >= 4 is 38.4 Å². The Morgan fingerprint density at radius 1 is 0.943 bits per heavy atom. The molecule has 0 aliphatic carbocycles. The molecule has 16 heteroatoms. The third-order valence-electron chi connectivity index (χ3n) is 8.78. The molecule has 5 aromatic rings. The fourth-order valence-electron chi connectivity index (χ4n) is 5.78. The highest BCUT2D eigenvalue weighted by Gasteiger charge is 2.21. The van der Waals surface area contributed by atoms with Crippen molar-refractivity contribution in [2.24, 2.45) is 0 Å². The second-order valence-corrected chi connectivity index (χ2v) is 15.2. The molecule has 1 aliphatic heterocycles. The standard InChI is InChI=1S/C37H38ClFN4O9S/c38-30-18-27(20-40-33(21-44)37(45)46)34(50-22-24-8-9-31-32(16-24)42-52-41-31)19-35(30)51-23-26-5-2-7-29(36(26)39)25-4-1-6-28(17-25)49-13-3-10-43-11-14-53(47,48)15-12-43/h1-2,4-9,16-19,33,40,44H,3,10-15,20-23H2,(H,45,46). The molecule has 280 valence electrons. The topological polar surface area (TPSA) is 174 Å². The van der Waals surface area contributed by atoms with Gasteiger partial charge in [0.15, 0.2) is 9.84 Å². The molecule has 53 heavy (non-hydrogen) atoms. The molecule has 0 saturated carbocycles. The van der Waals surface area contributed by atoms with E-state index >= 15 is 4.39 Å². The second-order valence-electron chi connectivity index (χ2n) is 12.5. The van der Waals surface area contributed by atoms with Gasteiger partial charge in [-0.25, -0.2) is 17.4 Å². The number of ether oxygens (including phenoxy) is 3. The van der Waals surface area contributed by atoms with Crippen molar-refractivity contribution in [2.45, 2.75) is 32.2 Å². The van der Waals surface area contributed by atoms with Crippen LogP contribution in [0.1, 0.15) is 23.1 Å². The number of carboxylic acid groups (broad SMARTS) is 1. The van der Waals surface area contributed by atoms with Gasteiger partial charge in [-0.3, -0.25) is 10.1 Å². The van der Waals surface area contributed by atoms with Crippen molar-refractivity contribution in [3.8, 4) is 28.4 Å². The summed E-state index contributed by atoms with van der Waals surface area (Å²) < 4.78 is 62.2. The largest absolute Gasteiger partial charge is 0.494 e. The highest BCUT2D eigenvalue weighted by Crippen LogP contribution is 2.35. The number of rotatable bonds is 17. The molecule has 0 amide bonds. The van der Waals surface area contributed by atoms with Crippen LogP contribution in [0.4, 0.5) is 4.39 Å². The number of carboxylic acids is 1. The highest BCUT2D eigenvalue weighted by molar-refractivity contribution is 7.91. The van der Waals surface area contributed by atoms with Crippen molar-refractivity contribution in [1.82, 2.24) is 20.5 Å². The first-order valence-electron chi connectivity index (χ1n) is 16.9. The smallest absolute Gasteiger partial charge is 0.323 e. The van der Waals surface area contributed by atoms with Crippen molar-refractivity contribution in [3.63, 3.8) is 0 Å². The molecular formula is C37H38ClFN4O9S. The van der Waals surface area contributed by atoms with E-state index in [0.717, 1.165) is 18.5 Å². The Bertz CT molecular complexity index is 2150. The van der Waals surface area contributed by atoms with Crippen LogP contribution in [0.2, 0.25) is 5.02 Å². The van der Waals surface area contributed by atoms with Gasteiger partial charge in [0.25, 0.3) is 0 Å². The lowest BCUT2D eigenvalue weighted by Gasteiger charge is -2.26. The summed E-state index contributed by atoms with van der Waals surface area (Å²) in [6, 6.07) is 19.4. The zero-order valence-corrected chi connectivity index (χ0v) is 30.1. The molecule has 1 aromatic heterocycles. The van der Waals surface area contributed by atoms with Crippen LogP contribution in [0.5, 0.6) is 17.2 Å². The number of nitrogens with zero attached hydrogens (tertiary/aromatic N) is 3. The number of aliphatic hydroxyl groups excluding tert-OH is 1. The van der Waals surface area contributed by atoms with E-state index in [0.29, 0.717) is 58.9 Å². The molecule has 3 N–H and O–H groups in total. The Morgan fingerprint density at radius 2 is 1.72 bits per heavy atom. The van der Waals surface area contributed by atoms with Gasteiger partial charge in [-0.15, -0.1) is 0 Å². The number of aliphatic carboxylic acids is 1. The van der Waals surface area contributed by atoms with Crippen molar-refractivity contribution in [1.29, 1.82) is 0 Å². The molecule has 4 aromatic carbocycles. The van der Waals surface area contributed by atoms with E-state index in [1.54, 1.807) is 72.8 Å². The van der Waals surface area contributed by atoms with Crippen molar-refractivity contribution < 1.29 is 46.7 Å². The SMILES string of the molecule is O=C(O)C(CO)NCc1cc(Cl)c(OCc2cccc(-c3cccc(OCCCN4CCS(=O)(=O)CC4)c3)c2F)cc1OCc1ccc2nonc2c1. The predicted molar refractivity (Wildman–Crippen MR) is 194 cm³/mol. The Labute approximate surface area is 310 Å². The number of hydrogen-bond acceptors (Lipinski definition) is 12. The Balaban J connectivity index is 1.12. The fraction of sp³-hybridized carbons (Fsp3) is 0.324. The molecule has 0 spiro atoms. The van der Waals surface area contributed by atoms with Crippen LogP contribution in [-0.4, -0.2) is 90.2 Å². The molecule has 0 bridgehead atoms. The summed E-state index contributed by atoms with van der Waals surface area (Å²) in [6.07, 6.45) is 0.722. The average Bonchev–Trinajstić information content (AvgIpc) is 3.62. The summed E-state index contributed by atoms with van der Waals surface area (Å²) in [5.41, 5.74) is 3.66. The molecule has 6 rings (SSSR count). The minimum absolute atomic E-state index is 0.00339. The number of nitrogens with one attached hydrogen (secondary N) is 1. The van der Waals surface area contributed by atoms with Crippen molar-refractivity contribution in [2.75, 3.05) is 44.4 Å². The van der Waals surface area contributed by atoms with Crippen LogP contribution < -0.4 is 19.5 Å². The maximum absolute atomic E-state index is 16.0. The van der Waals surface area contributed by atoms with Crippen LogP contribution in [0.25, 0.3) is 22.2 Å². The fourth-order valence-corrected chi connectivity index (χ4v) is 7.29. The van der Waals surface area contributed by atoms with Crippen LogP contribution >= 0.6 is 11.6 Å². The summed E-state index contributed by atoms with van der Waals surface area (Å²) >= 11 is 6.61. The lowest BCUT2D eigenvalue weighted by atomic mass is 10.0. The number of carbonyl (C=O) groups is 1. The Kier molecular flexibility index (Phi) is 12.4. The van der Waals surface area contributed by atoms with Crippen molar-refractivity contribution in [3.05, 3.63) is 100 Å². The monoisotopic (exact) mass is 768 g/mol. The molecule has 13 nitrogen and oxygen atoms in total. The minimum Gasteiger partial charge on any atom is -0.494 e. The zero-order chi connectivity index (χ0) is 37.4. The quantitative estimate of drug-likeness (QED) is 0.109. The predicted octanol–water partition coefficient (Wildman–Crippen LogP) is 4.87. The normalized spacial score (nSPS) is 14.9. The molecule has 0 radical (unpaired) electrons. The van der Waals surface area contributed by atoms with Crippen LogP contribution in [0.3, 0.4) is 0 Å². The van der Waals surface area contributed by atoms with Gasteiger partial charge in [-0.05, 0) is 58.2 Å². The lowest BCUT2D eigenvalue weighted by molar-refractivity contribution is -0.140. The maximum atomic E-state index is 16.0. The van der Waals surface area contributed by atoms with Gasteiger partial charge >= 0.3 is 5.97 Å². The van der Waals surface area contributed by atoms with Gasteiger partial charge in [-0.1, -0.05) is 48.0 Å². The molecule has 1 unspecified atom stereocenters. The third-order valence-corrected chi connectivity index (χ3v) is 10.7. The molecular weight excluding hydrogens is 731 g/mol. The van der Waals surface area contributed by atoms with Crippen LogP contribution in [0.15, 0.2) is 77.4 Å². The number of sulfone groups is 1. The first-order chi connectivity index (χ1) is 25.6. The average molecular weight is 769 g/mol. The number of halogens is 2. The molecule has 1 saturated heterocycles. The number of fused-ring (bicyclic) bond motifs is 1. The number of hydrogen-bond donors (Lipinski definition) is 3. The first kappa shape index (κ1) is 37.9. The molecule has 1 aliphatic rings. The molecule has 2 heterocycles. The Morgan fingerprint density at radius 3 is 2.51 bits per heavy atom. The van der Waals surface area contributed by atoms with E-state index in [-0.39, 0.29) is 47.6 Å². The van der Waals surface area contributed by atoms with Gasteiger partial charge in [0.05, 0.1) is 29.7 Å². The summed E-state index contributed by atoms with van der Waals surface area (Å²) in [5, 5.41) is 29.5. The summed E-state index contributed by atoms with van der Waals surface area (Å²) in [7, 11) is -2.92. The van der Waals surface area contributed by atoms with Gasteiger partial charge in [-0.2, -0.15) is 0 Å². The zero-order valence-electron chi connectivity index (χ0n) is 28.5. The summed E-state index contributed by atoms with van der Waals surface area (Å²) in [5.74, 6) is -0.197. The van der Waals surface area contributed by atoms with Crippen LogP contribution in [-0.2, 0) is 34.4 Å². The summed E-state index contributed by atoms with van der Waals surface area (Å²) in [6.45, 7) is 1.55. The number of aromatic nitrogens is 2. The van der Waals surface area contributed by atoms with E-state index in [4.69, 9.17) is 30.4 Å². The second kappa shape index (κ2) is 17.4. The van der Waals surface area contributed by atoms with E-state index < -0.39 is 34.3 Å².